The lowest BCUT2D eigenvalue weighted by Gasteiger charge is -2.52. The highest BCUT2D eigenvalue weighted by atomic mass is 16.6. The molecule has 7 nitrogen and oxygen atoms in total. The molecule has 2 atom stereocenters. The van der Waals surface area contributed by atoms with Crippen LogP contribution in [0.15, 0.2) is 96.0 Å². The molecule has 2 bridgehead atoms. The van der Waals surface area contributed by atoms with Gasteiger partial charge in [-0.25, -0.2) is 4.90 Å². The minimum absolute atomic E-state index is 0.00558. The maximum atomic E-state index is 14.5. The van der Waals surface area contributed by atoms with E-state index < -0.39 is 34.0 Å². The van der Waals surface area contributed by atoms with Gasteiger partial charge in [-0.2, -0.15) is 0 Å². The molecule has 4 aromatic rings. The number of benzene rings is 4. The Morgan fingerprint density at radius 3 is 2.12 bits per heavy atom. The third kappa shape index (κ3) is 3.03. The van der Waals surface area contributed by atoms with E-state index in [1.165, 1.54) is 18.2 Å². The summed E-state index contributed by atoms with van der Waals surface area (Å²) in [5.74, 6) is -2.73. The Morgan fingerprint density at radius 2 is 1.45 bits per heavy atom. The Bertz CT molecular complexity index is 1740. The number of imide groups is 1. The van der Waals surface area contributed by atoms with Gasteiger partial charge < -0.3 is 0 Å². The van der Waals surface area contributed by atoms with Crippen LogP contribution in [-0.4, -0.2) is 23.0 Å². The molecule has 196 valence electrons. The van der Waals surface area contributed by atoms with Crippen LogP contribution in [0.4, 0.5) is 17.1 Å². The number of rotatable bonds is 4. The van der Waals surface area contributed by atoms with Crippen LogP contribution in [0.25, 0.3) is 0 Å². The minimum atomic E-state index is -1.03. The van der Waals surface area contributed by atoms with Crippen LogP contribution in [0.5, 0.6) is 0 Å². The molecule has 8 rings (SSSR count). The number of aliphatic imine (C=N–C) groups is 1. The normalized spacial score (nSPS) is 24.2. The van der Waals surface area contributed by atoms with E-state index in [4.69, 9.17) is 4.99 Å². The number of amides is 2. The Balaban J connectivity index is 1.52. The van der Waals surface area contributed by atoms with E-state index in [-0.39, 0.29) is 17.3 Å². The highest BCUT2D eigenvalue weighted by Crippen LogP contribution is 2.64. The molecule has 7 heteroatoms. The van der Waals surface area contributed by atoms with Crippen molar-refractivity contribution < 1.29 is 14.5 Å². The number of nitro groups is 1. The average molecular weight is 528 g/mol. The van der Waals surface area contributed by atoms with Crippen LogP contribution in [0.1, 0.15) is 39.3 Å². The summed E-state index contributed by atoms with van der Waals surface area (Å²) in [5, 5.41) is 11.9. The molecule has 3 aliphatic carbocycles. The van der Waals surface area contributed by atoms with Crippen molar-refractivity contribution >= 4 is 35.1 Å². The second kappa shape index (κ2) is 8.55. The summed E-state index contributed by atoms with van der Waals surface area (Å²) < 4.78 is 0. The van der Waals surface area contributed by atoms with Gasteiger partial charge in [0.1, 0.15) is 5.69 Å². The van der Waals surface area contributed by atoms with Crippen LogP contribution in [0.3, 0.4) is 0 Å². The SMILES string of the molecule is Cc1cccc(N=CC23c4ccccc4C(c4ccccc42)[C@@H]2C(=O)N(c4ccccc4[N+](=O)[O-])C(=O)[C@@H]23)c1C. The third-order valence-electron chi connectivity index (χ3n) is 8.99. The van der Waals surface area contributed by atoms with E-state index in [1.54, 1.807) is 6.07 Å². The lowest BCUT2D eigenvalue weighted by Crippen LogP contribution is -2.54. The molecule has 0 radical (unpaired) electrons. The second-order valence-electron chi connectivity index (χ2n) is 10.8. The number of aryl methyl sites for hydroxylation is 1. The zero-order valence-corrected chi connectivity index (χ0v) is 21.9. The topological polar surface area (TPSA) is 92.9 Å². The van der Waals surface area contributed by atoms with Crippen LogP contribution < -0.4 is 4.90 Å². The summed E-state index contributed by atoms with van der Waals surface area (Å²) in [6.45, 7) is 4.05. The van der Waals surface area contributed by atoms with Crippen LogP contribution in [0.2, 0.25) is 0 Å². The summed E-state index contributed by atoms with van der Waals surface area (Å²) in [4.78, 5) is 46.2. The number of hydrogen-bond donors (Lipinski definition) is 0. The number of hydrogen-bond acceptors (Lipinski definition) is 5. The number of para-hydroxylation sites is 2. The van der Waals surface area contributed by atoms with Crippen molar-refractivity contribution in [3.05, 3.63) is 134 Å². The van der Waals surface area contributed by atoms with Crippen LogP contribution >= 0.6 is 0 Å². The van der Waals surface area contributed by atoms with Gasteiger partial charge >= 0.3 is 0 Å². The third-order valence-corrected chi connectivity index (χ3v) is 8.99. The molecule has 1 fully saturated rings. The summed E-state index contributed by atoms with van der Waals surface area (Å²) in [5.41, 5.74) is 5.49. The molecule has 0 N–H and O–H groups in total. The highest BCUT2D eigenvalue weighted by molar-refractivity contribution is 6.25. The van der Waals surface area contributed by atoms with Crippen molar-refractivity contribution in [2.45, 2.75) is 25.2 Å². The number of carbonyl (C=O) groups excluding carboxylic acids is 2. The van der Waals surface area contributed by atoms with Gasteiger partial charge in [-0.3, -0.25) is 24.7 Å². The summed E-state index contributed by atoms with van der Waals surface area (Å²) in [6, 6.07) is 27.8. The molecule has 0 saturated carbocycles. The molecular formula is C33H25N3O4. The van der Waals surface area contributed by atoms with E-state index in [2.05, 4.69) is 0 Å². The van der Waals surface area contributed by atoms with E-state index in [1.807, 2.05) is 86.8 Å². The Morgan fingerprint density at radius 1 is 0.825 bits per heavy atom. The fourth-order valence-electron chi connectivity index (χ4n) is 7.14. The van der Waals surface area contributed by atoms with E-state index in [0.717, 1.165) is 44.0 Å². The Kier molecular flexibility index (Phi) is 5.16. The van der Waals surface area contributed by atoms with Crippen molar-refractivity contribution in [3.63, 3.8) is 0 Å². The fraction of sp³-hybridized carbons (Fsp3) is 0.182. The second-order valence-corrected chi connectivity index (χ2v) is 10.8. The van der Waals surface area contributed by atoms with Crippen molar-refractivity contribution in [2.75, 3.05) is 4.90 Å². The Hall–Kier alpha value is -4.91. The van der Waals surface area contributed by atoms with Crippen LogP contribution in [-0.2, 0) is 15.0 Å². The van der Waals surface area contributed by atoms with Gasteiger partial charge in [0.05, 0.1) is 27.9 Å². The van der Waals surface area contributed by atoms with Gasteiger partial charge in [0.25, 0.3) is 5.69 Å². The zero-order valence-electron chi connectivity index (χ0n) is 21.9. The van der Waals surface area contributed by atoms with Gasteiger partial charge in [-0.05, 0) is 59.4 Å². The minimum Gasteiger partial charge on any atom is -0.274 e. The molecular weight excluding hydrogens is 502 g/mol. The molecule has 4 aromatic carbocycles. The van der Waals surface area contributed by atoms with Crippen LogP contribution in [0, 0.1) is 35.8 Å². The average Bonchev–Trinajstić information content (AvgIpc) is 3.24. The largest absolute Gasteiger partial charge is 0.293 e. The molecule has 4 aliphatic rings. The number of anilines is 1. The van der Waals surface area contributed by atoms with Gasteiger partial charge in [0.15, 0.2) is 0 Å². The first-order valence-corrected chi connectivity index (χ1v) is 13.3. The van der Waals surface area contributed by atoms with Crippen molar-refractivity contribution in [1.82, 2.24) is 0 Å². The zero-order chi connectivity index (χ0) is 27.8. The van der Waals surface area contributed by atoms with Gasteiger partial charge in [0, 0.05) is 18.2 Å². The first-order chi connectivity index (χ1) is 19.4. The number of nitrogens with zero attached hydrogens (tertiary/aromatic N) is 3. The lowest BCUT2D eigenvalue weighted by molar-refractivity contribution is -0.384. The molecule has 1 aliphatic heterocycles. The van der Waals surface area contributed by atoms with Crippen molar-refractivity contribution in [1.29, 1.82) is 0 Å². The van der Waals surface area contributed by atoms with Gasteiger partial charge in [-0.15, -0.1) is 0 Å². The molecule has 0 unspecified atom stereocenters. The predicted molar refractivity (Wildman–Crippen MR) is 152 cm³/mol. The Labute approximate surface area is 231 Å². The highest BCUT2D eigenvalue weighted by Gasteiger charge is 2.68. The maximum Gasteiger partial charge on any atom is 0.293 e. The molecule has 2 amide bonds. The monoisotopic (exact) mass is 527 g/mol. The lowest BCUT2D eigenvalue weighted by atomic mass is 9.47. The molecule has 1 saturated heterocycles. The molecule has 0 spiro atoms. The maximum absolute atomic E-state index is 14.5. The number of nitro benzene ring substituents is 1. The number of carbonyl (C=O) groups is 2. The summed E-state index contributed by atoms with van der Waals surface area (Å²) >= 11 is 0. The molecule has 1 heterocycles. The standard InChI is InChI=1S/C33H25N3O4/c1-19-10-9-15-25(20(19)2)34-18-33-23-13-5-3-11-21(23)28(22-12-4-6-14-24(22)33)29-30(33)32(38)35(31(29)37)26-16-7-8-17-27(26)36(39)40/h3-18,28-30H,1-2H3/t28?,29-,30+,33?/m0/s1. The predicted octanol–water partition coefficient (Wildman–Crippen LogP) is 6.16. The molecule has 0 aromatic heterocycles. The van der Waals surface area contributed by atoms with Gasteiger partial charge in [0.2, 0.25) is 11.8 Å². The van der Waals surface area contributed by atoms with Gasteiger partial charge in [-0.1, -0.05) is 72.8 Å². The smallest absolute Gasteiger partial charge is 0.274 e. The van der Waals surface area contributed by atoms with E-state index in [9.17, 15) is 19.7 Å². The summed E-state index contributed by atoms with van der Waals surface area (Å²) in [7, 11) is 0. The van der Waals surface area contributed by atoms with Crippen molar-refractivity contribution in [2.24, 2.45) is 16.8 Å². The summed E-state index contributed by atoms with van der Waals surface area (Å²) in [6.07, 6.45) is 1.85. The first-order valence-electron chi connectivity index (χ1n) is 13.3. The van der Waals surface area contributed by atoms with E-state index >= 15 is 0 Å². The first kappa shape index (κ1) is 24.2. The quantitative estimate of drug-likeness (QED) is 0.137. The van der Waals surface area contributed by atoms with Crippen molar-refractivity contribution in [3.8, 4) is 0 Å². The molecule has 40 heavy (non-hydrogen) atoms. The van der Waals surface area contributed by atoms with E-state index in [0.29, 0.717) is 0 Å². The fourth-order valence-corrected chi connectivity index (χ4v) is 7.14.